The molecule has 0 fully saturated rings. The number of benzene rings is 2. The van der Waals surface area contributed by atoms with Gasteiger partial charge in [0.15, 0.2) is 16.3 Å². The predicted octanol–water partition coefficient (Wildman–Crippen LogP) is 2.73. The lowest BCUT2D eigenvalue weighted by Gasteiger charge is -2.24. The predicted molar refractivity (Wildman–Crippen MR) is 133 cm³/mol. The Hall–Kier alpha value is -4.25. The van der Waals surface area contributed by atoms with Crippen molar-refractivity contribution in [2.75, 3.05) is 13.7 Å². The standard InChI is InChI=1S/C25H23N3O7S/c1-5-35-24(31)21-14(3)26-25-27(22(21)16-8-6-13(2)17(12-16)28(32)33)23(30)20(36-25)11-15-7-9-18(29)19(10-15)34-4/h6-12,22,29H,5H2,1-4H3/b20-11+/t22-/m1/s1. The number of thiazole rings is 1. The van der Waals surface area contributed by atoms with Gasteiger partial charge in [-0.3, -0.25) is 19.5 Å². The minimum absolute atomic E-state index is 0.0354. The van der Waals surface area contributed by atoms with Gasteiger partial charge < -0.3 is 14.6 Å². The molecule has 2 heterocycles. The minimum Gasteiger partial charge on any atom is -0.504 e. The second-order valence-electron chi connectivity index (χ2n) is 8.04. The number of phenols is 1. The zero-order valence-corrected chi connectivity index (χ0v) is 20.8. The summed E-state index contributed by atoms with van der Waals surface area (Å²) >= 11 is 1.12. The van der Waals surface area contributed by atoms with Crippen LogP contribution in [0.1, 0.15) is 36.6 Å². The molecule has 1 aliphatic rings. The highest BCUT2D eigenvalue weighted by Crippen LogP contribution is 2.33. The maximum absolute atomic E-state index is 13.6. The van der Waals surface area contributed by atoms with Gasteiger partial charge in [-0.25, -0.2) is 9.79 Å². The Morgan fingerprint density at radius 2 is 2.03 bits per heavy atom. The zero-order chi connectivity index (χ0) is 26.1. The fraction of sp³-hybridized carbons (Fsp3) is 0.240. The van der Waals surface area contributed by atoms with Gasteiger partial charge in [-0.1, -0.05) is 29.5 Å². The molecule has 11 heteroatoms. The van der Waals surface area contributed by atoms with E-state index in [1.807, 2.05) is 0 Å². The molecule has 186 valence electrons. The molecule has 0 amide bonds. The van der Waals surface area contributed by atoms with Gasteiger partial charge in [-0.2, -0.15) is 0 Å². The van der Waals surface area contributed by atoms with Crippen molar-refractivity contribution >= 4 is 29.1 Å². The average molecular weight is 510 g/mol. The van der Waals surface area contributed by atoms with Gasteiger partial charge in [-0.15, -0.1) is 0 Å². The van der Waals surface area contributed by atoms with E-state index in [4.69, 9.17) is 9.47 Å². The number of aryl methyl sites for hydroxylation is 1. The smallest absolute Gasteiger partial charge is 0.338 e. The quantitative estimate of drug-likeness (QED) is 0.307. The summed E-state index contributed by atoms with van der Waals surface area (Å²) in [5.41, 5.74) is 1.41. The number of nitrogens with zero attached hydrogens (tertiary/aromatic N) is 3. The van der Waals surface area contributed by atoms with E-state index < -0.39 is 22.5 Å². The number of rotatable bonds is 6. The molecular weight excluding hydrogens is 486 g/mol. The van der Waals surface area contributed by atoms with Gasteiger partial charge >= 0.3 is 5.97 Å². The first-order valence-electron chi connectivity index (χ1n) is 11.0. The molecule has 4 rings (SSSR count). The number of carbonyl (C=O) groups excluding carboxylic acids is 1. The molecule has 36 heavy (non-hydrogen) atoms. The topological polar surface area (TPSA) is 133 Å². The summed E-state index contributed by atoms with van der Waals surface area (Å²) in [6.07, 6.45) is 1.63. The van der Waals surface area contributed by atoms with Crippen molar-refractivity contribution in [3.8, 4) is 11.5 Å². The van der Waals surface area contributed by atoms with Crippen molar-refractivity contribution in [2.24, 2.45) is 4.99 Å². The molecule has 1 aromatic heterocycles. The Balaban J connectivity index is 1.98. The van der Waals surface area contributed by atoms with E-state index in [9.17, 15) is 24.8 Å². The zero-order valence-electron chi connectivity index (χ0n) is 20.0. The first kappa shape index (κ1) is 24.9. The van der Waals surface area contributed by atoms with Crippen LogP contribution in [0.2, 0.25) is 0 Å². The molecule has 0 radical (unpaired) electrons. The van der Waals surface area contributed by atoms with Crippen LogP contribution in [0.4, 0.5) is 5.69 Å². The lowest BCUT2D eigenvalue weighted by Crippen LogP contribution is -2.40. The second-order valence-corrected chi connectivity index (χ2v) is 9.05. The molecule has 3 aromatic rings. The Morgan fingerprint density at radius 3 is 2.69 bits per heavy atom. The largest absolute Gasteiger partial charge is 0.504 e. The molecule has 0 saturated heterocycles. The molecule has 0 saturated carbocycles. The van der Waals surface area contributed by atoms with E-state index in [1.165, 1.54) is 23.8 Å². The molecular formula is C25H23N3O7S. The van der Waals surface area contributed by atoms with Gasteiger partial charge in [-0.05, 0) is 50.1 Å². The van der Waals surface area contributed by atoms with Gasteiger partial charge in [0.05, 0.1) is 40.5 Å². The number of carbonyl (C=O) groups is 1. The highest BCUT2D eigenvalue weighted by Gasteiger charge is 2.34. The van der Waals surface area contributed by atoms with E-state index in [0.29, 0.717) is 31.7 Å². The van der Waals surface area contributed by atoms with Crippen molar-refractivity contribution in [1.82, 2.24) is 4.57 Å². The Bertz CT molecular complexity index is 1600. The first-order valence-corrected chi connectivity index (χ1v) is 11.8. The summed E-state index contributed by atoms with van der Waals surface area (Å²) in [5, 5.41) is 21.5. The highest BCUT2D eigenvalue weighted by molar-refractivity contribution is 7.07. The normalized spacial score (nSPS) is 15.3. The van der Waals surface area contributed by atoms with Crippen molar-refractivity contribution in [2.45, 2.75) is 26.8 Å². The molecule has 0 spiro atoms. The third-order valence-electron chi connectivity index (χ3n) is 5.76. The van der Waals surface area contributed by atoms with Gasteiger partial charge in [0.25, 0.3) is 11.2 Å². The van der Waals surface area contributed by atoms with Crippen molar-refractivity contribution in [3.63, 3.8) is 0 Å². The summed E-state index contributed by atoms with van der Waals surface area (Å²) in [6, 6.07) is 8.34. The van der Waals surface area contributed by atoms with Gasteiger partial charge in [0.2, 0.25) is 0 Å². The molecule has 10 nitrogen and oxygen atoms in total. The summed E-state index contributed by atoms with van der Waals surface area (Å²) in [6.45, 7) is 5.04. The van der Waals surface area contributed by atoms with Crippen LogP contribution >= 0.6 is 11.3 Å². The molecule has 1 aliphatic heterocycles. The number of esters is 1. The first-order chi connectivity index (χ1) is 17.2. The van der Waals surface area contributed by atoms with Gasteiger partial charge in [0.1, 0.15) is 0 Å². The van der Waals surface area contributed by atoms with E-state index in [0.717, 1.165) is 11.3 Å². The fourth-order valence-electron chi connectivity index (χ4n) is 4.04. The summed E-state index contributed by atoms with van der Waals surface area (Å²) in [7, 11) is 1.42. The average Bonchev–Trinajstić information content (AvgIpc) is 3.14. The van der Waals surface area contributed by atoms with Crippen molar-refractivity contribution in [3.05, 3.63) is 94.2 Å². The number of allylic oxidation sites excluding steroid dienone is 1. The Morgan fingerprint density at radius 1 is 1.28 bits per heavy atom. The number of nitro benzene ring substituents is 1. The van der Waals surface area contributed by atoms with Crippen molar-refractivity contribution < 1.29 is 24.3 Å². The number of aromatic nitrogens is 1. The molecule has 1 N–H and O–H groups in total. The fourth-order valence-corrected chi connectivity index (χ4v) is 5.08. The maximum atomic E-state index is 13.6. The van der Waals surface area contributed by atoms with Crippen LogP contribution < -0.4 is 19.6 Å². The monoisotopic (exact) mass is 509 g/mol. The molecule has 1 atom stereocenters. The number of aromatic hydroxyl groups is 1. The van der Waals surface area contributed by atoms with E-state index in [-0.39, 0.29) is 29.4 Å². The number of fused-ring (bicyclic) bond motifs is 1. The molecule has 0 aliphatic carbocycles. The summed E-state index contributed by atoms with van der Waals surface area (Å²) < 4.78 is 12.1. The van der Waals surface area contributed by atoms with Crippen LogP contribution in [0.3, 0.4) is 0 Å². The van der Waals surface area contributed by atoms with Crippen LogP contribution in [0.25, 0.3) is 6.08 Å². The molecule has 0 unspecified atom stereocenters. The summed E-state index contributed by atoms with van der Waals surface area (Å²) in [5.74, 6) is -0.432. The van der Waals surface area contributed by atoms with Crippen LogP contribution in [0.15, 0.2) is 57.5 Å². The van der Waals surface area contributed by atoms with E-state index in [1.54, 1.807) is 51.1 Å². The number of methoxy groups -OCH3 is 1. The Labute approximate surface area is 209 Å². The van der Waals surface area contributed by atoms with Gasteiger partial charge in [0, 0.05) is 11.6 Å². The van der Waals surface area contributed by atoms with E-state index in [2.05, 4.69) is 4.99 Å². The maximum Gasteiger partial charge on any atom is 0.338 e. The third kappa shape index (κ3) is 4.40. The van der Waals surface area contributed by atoms with Crippen LogP contribution in [-0.4, -0.2) is 34.3 Å². The number of phenolic OH excluding ortho intramolecular Hbond substituents is 1. The van der Waals surface area contributed by atoms with Crippen molar-refractivity contribution in [1.29, 1.82) is 0 Å². The number of nitro groups is 1. The molecule has 0 bridgehead atoms. The lowest BCUT2D eigenvalue weighted by atomic mass is 9.94. The van der Waals surface area contributed by atoms with Crippen LogP contribution in [-0.2, 0) is 9.53 Å². The highest BCUT2D eigenvalue weighted by atomic mass is 32.1. The number of ether oxygens (including phenoxy) is 2. The second kappa shape index (κ2) is 9.78. The minimum atomic E-state index is -0.962. The number of hydrogen-bond acceptors (Lipinski definition) is 9. The molecule has 2 aromatic carbocycles. The SMILES string of the molecule is CCOC(=O)C1=C(C)N=c2s/c(=C/c3ccc(O)c(OC)c3)c(=O)n2[C@@H]1c1ccc(C)c([N+](=O)[O-])c1. The van der Waals surface area contributed by atoms with Crippen LogP contribution in [0.5, 0.6) is 11.5 Å². The third-order valence-corrected chi connectivity index (χ3v) is 6.75. The van der Waals surface area contributed by atoms with E-state index >= 15 is 0 Å². The summed E-state index contributed by atoms with van der Waals surface area (Å²) in [4.78, 5) is 42.6. The number of hydrogen-bond donors (Lipinski definition) is 1. The Kier molecular flexibility index (Phi) is 6.75. The lowest BCUT2D eigenvalue weighted by molar-refractivity contribution is -0.385. The van der Waals surface area contributed by atoms with Crippen LogP contribution in [0, 0.1) is 17.0 Å².